The SMILES string of the molecule is C1CCC2(CC1)CCN(CCOC1CCNCC1)CC2. The van der Waals surface area contributed by atoms with Crippen molar-refractivity contribution in [3.05, 3.63) is 0 Å². The Balaban J connectivity index is 1.32. The third-order valence-electron chi connectivity index (χ3n) is 5.88. The molecule has 3 nitrogen and oxygen atoms in total. The highest BCUT2D eigenvalue weighted by Crippen LogP contribution is 2.44. The lowest BCUT2D eigenvalue weighted by Gasteiger charge is -2.44. The summed E-state index contributed by atoms with van der Waals surface area (Å²) in [5.41, 5.74) is 0.741. The van der Waals surface area contributed by atoms with Crippen molar-refractivity contribution in [1.82, 2.24) is 10.2 Å². The van der Waals surface area contributed by atoms with Crippen LogP contribution in [-0.2, 0) is 4.74 Å². The molecule has 0 aromatic heterocycles. The summed E-state index contributed by atoms with van der Waals surface area (Å²) < 4.78 is 6.04. The van der Waals surface area contributed by atoms with E-state index in [9.17, 15) is 0 Å². The minimum Gasteiger partial charge on any atom is -0.377 e. The molecule has 1 saturated carbocycles. The van der Waals surface area contributed by atoms with Crippen molar-refractivity contribution >= 4 is 0 Å². The monoisotopic (exact) mass is 280 g/mol. The van der Waals surface area contributed by atoms with E-state index in [4.69, 9.17) is 4.74 Å². The van der Waals surface area contributed by atoms with Crippen LogP contribution in [0.25, 0.3) is 0 Å². The summed E-state index contributed by atoms with van der Waals surface area (Å²) in [6.45, 7) is 7.00. The maximum atomic E-state index is 6.04. The van der Waals surface area contributed by atoms with E-state index < -0.39 is 0 Å². The molecule has 20 heavy (non-hydrogen) atoms. The van der Waals surface area contributed by atoms with Crippen molar-refractivity contribution < 1.29 is 4.74 Å². The molecule has 3 aliphatic rings. The van der Waals surface area contributed by atoms with Crippen LogP contribution in [0.1, 0.15) is 57.8 Å². The van der Waals surface area contributed by atoms with Gasteiger partial charge in [-0.2, -0.15) is 0 Å². The Morgan fingerprint density at radius 3 is 2.35 bits per heavy atom. The highest BCUT2D eigenvalue weighted by Gasteiger charge is 2.35. The van der Waals surface area contributed by atoms with Gasteiger partial charge in [0, 0.05) is 6.54 Å². The van der Waals surface area contributed by atoms with Crippen LogP contribution in [-0.4, -0.2) is 50.3 Å². The van der Waals surface area contributed by atoms with E-state index >= 15 is 0 Å². The van der Waals surface area contributed by atoms with Crippen LogP contribution in [0.15, 0.2) is 0 Å². The molecule has 116 valence electrons. The van der Waals surface area contributed by atoms with Crippen LogP contribution in [0.2, 0.25) is 0 Å². The first-order chi connectivity index (χ1) is 9.86. The molecule has 0 aromatic carbocycles. The molecule has 0 amide bonds. The van der Waals surface area contributed by atoms with E-state index in [-0.39, 0.29) is 0 Å². The van der Waals surface area contributed by atoms with Gasteiger partial charge in [-0.3, -0.25) is 0 Å². The fourth-order valence-corrected chi connectivity index (χ4v) is 4.36. The molecule has 2 aliphatic heterocycles. The van der Waals surface area contributed by atoms with Gasteiger partial charge in [0.2, 0.25) is 0 Å². The molecule has 3 fully saturated rings. The second-order valence-electron chi connectivity index (χ2n) is 7.22. The Morgan fingerprint density at radius 2 is 1.65 bits per heavy atom. The minimum atomic E-state index is 0.519. The van der Waals surface area contributed by atoms with E-state index in [1.54, 1.807) is 0 Å². The summed E-state index contributed by atoms with van der Waals surface area (Å²) in [6.07, 6.45) is 13.3. The van der Waals surface area contributed by atoms with Crippen molar-refractivity contribution in [3.63, 3.8) is 0 Å². The number of rotatable bonds is 4. The molecule has 2 saturated heterocycles. The Morgan fingerprint density at radius 1 is 0.950 bits per heavy atom. The highest BCUT2D eigenvalue weighted by molar-refractivity contribution is 4.88. The zero-order chi connectivity index (χ0) is 13.7. The summed E-state index contributed by atoms with van der Waals surface area (Å²) in [5, 5.41) is 3.40. The van der Waals surface area contributed by atoms with E-state index in [1.165, 1.54) is 70.9 Å². The molecule has 1 N–H and O–H groups in total. The molecule has 0 atom stereocenters. The third-order valence-corrected chi connectivity index (χ3v) is 5.88. The lowest BCUT2D eigenvalue weighted by atomic mass is 9.68. The summed E-state index contributed by atoms with van der Waals surface area (Å²) in [4.78, 5) is 2.64. The Bertz CT molecular complexity index is 273. The van der Waals surface area contributed by atoms with Crippen molar-refractivity contribution in [2.24, 2.45) is 5.41 Å². The highest BCUT2D eigenvalue weighted by atomic mass is 16.5. The number of hydrogen-bond donors (Lipinski definition) is 1. The predicted octanol–water partition coefficient (Wildman–Crippen LogP) is 2.80. The van der Waals surface area contributed by atoms with Crippen LogP contribution < -0.4 is 5.32 Å². The maximum Gasteiger partial charge on any atom is 0.0600 e. The molecule has 0 aromatic rings. The number of nitrogens with one attached hydrogen (secondary N) is 1. The van der Waals surface area contributed by atoms with E-state index in [2.05, 4.69) is 10.2 Å². The van der Waals surface area contributed by atoms with Crippen LogP contribution in [0.4, 0.5) is 0 Å². The van der Waals surface area contributed by atoms with Crippen molar-refractivity contribution in [3.8, 4) is 0 Å². The lowest BCUT2D eigenvalue weighted by Crippen LogP contribution is -2.42. The molecule has 1 spiro atoms. The van der Waals surface area contributed by atoms with Gasteiger partial charge in [-0.1, -0.05) is 19.3 Å². The van der Waals surface area contributed by atoms with Crippen molar-refractivity contribution in [2.75, 3.05) is 39.3 Å². The van der Waals surface area contributed by atoms with Gasteiger partial charge >= 0.3 is 0 Å². The van der Waals surface area contributed by atoms with Crippen LogP contribution >= 0.6 is 0 Å². The Kier molecular flexibility index (Phi) is 5.36. The zero-order valence-electron chi connectivity index (χ0n) is 13.0. The van der Waals surface area contributed by atoms with Gasteiger partial charge in [0.25, 0.3) is 0 Å². The lowest BCUT2D eigenvalue weighted by molar-refractivity contribution is 0.00421. The third kappa shape index (κ3) is 3.96. The van der Waals surface area contributed by atoms with Gasteiger partial charge in [-0.15, -0.1) is 0 Å². The van der Waals surface area contributed by atoms with Crippen LogP contribution in [0.5, 0.6) is 0 Å². The standard InChI is InChI=1S/C17H32N2O/c1-2-6-17(7-3-1)8-12-19(13-9-17)14-15-20-16-4-10-18-11-5-16/h16,18H,1-15H2. The van der Waals surface area contributed by atoms with E-state index in [0.29, 0.717) is 6.10 Å². The number of piperidine rings is 2. The molecule has 1 aliphatic carbocycles. The topological polar surface area (TPSA) is 24.5 Å². The average molecular weight is 280 g/mol. The van der Waals surface area contributed by atoms with Crippen LogP contribution in [0, 0.1) is 5.41 Å². The molecule has 3 rings (SSSR count). The fraction of sp³-hybridized carbons (Fsp3) is 1.00. The first-order valence-electron chi connectivity index (χ1n) is 8.91. The van der Waals surface area contributed by atoms with Crippen LogP contribution in [0.3, 0.4) is 0 Å². The maximum absolute atomic E-state index is 6.04. The zero-order valence-corrected chi connectivity index (χ0v) is 13.0. The number of likely N-dealkylation sites (tertiary alicyclic amines) is 1. The number of hydrogen-bond acceptors (Lipinski definition) is 3. The smallest absolute Gasteiger partial charge is 0.0600 e. The van der Waals surface area contributed by atoms with Crippen molar-refractivity contribution in [1.29, 1.82) is 0 Å². The summed E-state index contributed by atoms with van der Waals surface area (Å²) in [7, 11) is 0. The Hall–Kier alpha value is -0.120. The van der Waals surface area contributed by atoms with Gasteiger partial charge in [0.05, 0.1) is 12.7 Å². The summed E-state index contributed by atoms with van der Waals surface area (Å²) in [5.74, 6) is 0. The normalized spacial score (nSPS) is 28.8. The first-order valence-corrected chi connectivity index (χ1v) is 8.91. The second-order valence-corrected chi connectivity index (χ2v) is 7.22. The minimum absolute atomic E-state index is 0.519. The molecular weight excluding hydrogens is 248 g/mol. The number of ether oxygens (including phenoxy) is 1. The van der Waals surface area contributed by atoms with Gasteiger partial charge in [0.15, 0.2) is 0 Å². The van der Waals surface area contributed by atoms with E-state index in [0.717, 1.165) is 31.7 Å². The van der Waals surface area contributed by atoms with Gasteiger partial charge in [-0.05, 0) is 70.1 Å². The largest absolute Gasteiger partial charge is 0.377 e. The van der Waals surface area contributed by atoms with Gasteiger partial charge < -0.3 is 15.0 Å². The quantitative estimate of drug-likeness (QED) is 0.857. The van der Waals surface area contributed by atoms with Crippen molar-refractivity contribution in [2.45, 2.75) is 63.9 Å². The molecular formula is C17H32N2O. The molecule has 0 unspecified atom stereocenters. The first kappa shape index (κ1) is 14.8. The molecule has 3 heteroatoms. The molecule has 2 heterocycles. The Labute approximate surface area is 124 Å². The second kappa shape index (κ2) is 7.24. The molecule has 0 radical (unpaired) electrons. The van der Waals surface area contributed by atoms with Gasteiger partial charge in [-0.25, -0.2) is 0 Å². The van der Waals surface area contributed by atoms with Gasteiger partial charge in [0.1, 0.15) is 0 Å². The average Bonchev–Trinajstić information content (AvgIpc) is 2.52. The fourth-order valence-electron chi connectivity index (χ4n) is 4.36. The molecule has 0 bridgehead atoms. The van der Waals surface area contributed by atoms with E-state index in [1.807, 2.05) is 0 Å². The summed E-state index contributed by atoms with van der Waals surface area (Å²) >= 11 is 0. The predicted molar refractivity (Wildman–Crippen MR) is 83.0 cm³/mol. The summed E-state index contributed by atoms with van der Waals surface area (Å²) in [6, 6.07) is 0. The number of nitrogens with zero attached hydrogens (tertiary/aromatic N) is 1.